The molecule has 0 bridgehead atoms. The fourth-order valence-electron chi connectivity index (χ4n) is 3.89. The summed E-state index contributed by atoms with van der Waals surface area (Å²) in [5.41, 5.74) is 4.29. The molecule has 4 rings (SSSR count). The minimum Gasteiger partial charge on any atom is -0.491 e. The largest absolute Gasteiger partial charge is 0.491 e. The van der Waals surface area contributed by atoms with Gasteiger partial charge in [0.05, 0.1) is 18.4 Å². The smallest absolute Gasteiger partial charge is 0.410 e. The van der Waals surface area contributed by atoms with E-state index >= 15 is 0 Å². The third-order valence-electron chi connectivity index (χ3n) is 5.46. The molecule has 31 heavy (non-hydrogen) atoms. The number of amides is 1. The Balaban J connectivity index is 1.53. The average molecular weight is 420 g/mol. The molecule has 0 N–H and O–H groups in total. The van der Waals surface area contributed by atoms with Crippen LogP contribution in [0.25, 0.3) is 11.3 Å². The van der Waals surface area contributed by atoms with Gasteiger partial charge in [0.15, 0.2) is 0 Å². The summed E-state index contributed by atoms with van der Waals surface area (Å²) in [5.74, 6) is 0.811. The van der Waals surface area contributed by atoms with Crippen molar-refractivity contribution in [2.24, 2.45) is 0 Å². The molecule has 1 aliphatic heterocycles. The highest BCUT2D eigenvalue weighted by molar-refractivity contribution is 5.71. The van der Waals surface area contributed by atoms with Crippen molar-refractivity contribution in [3.05, 3.63) is 71.9 Å². The summed E-state index contributed by atoms with van der Waals surface area (Å²) in [7, 11) is 0. The highest BCUT2D eigenvalue weighted by Crippen LogP contribution is 2.34. The SMILES string of the molecule is CC(C)n1ncc2c1-c1ccccc1OCCN(C(=O)OCc1ccccc1)CCC2. The Morgan fingerprint density at radius 1 is 1.10 bits per heavy atom. The molecule has 0 saturated carbocycles. The summed E-state index contributed by atoms with van der Waals surface area (Å²) in [6, 6.07) is 18.0. The minimum atomic E-state index is -0.307. The van der Waals surface area contributed by atoms with Crippen LogP contribution in [0.15, 0.2) is 60.8 Å². The number of ether oxygens (including phenoxy) is 2. The molecule has 0 unspecified atom stereocenters. The molecule has 1 aromatic heterocycles. The summed E-state index contributed by atoms with van der Waals surface area (Å²) >= 11 is 0. The van der Waals surface area contributed by atoms with Gasteiger partial charge in [0, 0.05) is 18.2 Å². The van der Waals surface area contributed by atoms with Crippen molar-refractivity contribution in [2.75, 3.05) is 19.7 Å². The Kier molecular flexibility index (Phi) is 6.55. The summed E-state index contributed by atoms with van der Waals surface area (Å²) in [6.07, 6.45) is 3.30. The number of para-hydroxylation sites is 1. The maximum absolute atomic E-state index is 12.7. The normalized spacial score (nSPS) is 14.2. The molecule has 0 spiro atoms. The predicted octanol–water partition coefficient (Wildman–Crippen LogP) is 5.09. The second-order valence-corrected chi connectivity index (χ2v) is 8.03. The second-order valence-electron chi connectivity index (χ2n) is 8.03. The maximum Gasteiger partial charge on any atom is 0.410 e. The summed E-state index contributed by atoms with van der Waals surface area (Å²) in [4.78, 5) is 14.5. The molecule has 2 heterocycles. The molecule has 0 radical (unpaired) electrons. The van der Waals surface area contributed by atoms with Gasteiger partial charge in [-0.25, -0.2) is 4.79 Å². The van der Waals surface area contributed by atoms with Gasteiger partial charge in [-0.15, -0.1) is 0 Å². The average Bonchev–Trinajstić information content (AvgIpc) is 3.20. The Hall–Kier alpha value is -3.28. The van der Waals surface area contributed by atoms with Crippen molar-refractivity contribution < 1.29 is 14.3 Å². The van der Waals surface area contributed by atoms with E-state index in [9.17, 15) is 4.79 Å². The molecule has 0 aliphatic carbocycles. The number of fused-ring (bicyclic) bond motifs is 3. The fourth-order valence-corrected chi connectivity index (χ4v) is 3.89. The van der Waals surface area contributed by atoms with Gasteiger partial charge in [0.2, 0.25) is 0 Å². The van der Waals surface area contributed by atoms with E-state index < -0.39 is 0 Å². The first-order valence-electron chi connectivity index (χ1n) is 10.9. The molecule has 2 aromatic carbocycles. The standard InChI is InChI=1S/C25H29N3O3/c1-19(2)28-24-21(17-26-28)11-8-14-27(15-16-30-23-13-7-6-12-22(23)24)25(29)31-18-20-9-4-3-5-10-20/h3-7,9-10,12-13,17,19H,8,11,14-16,18H2,1-2H3. The molecular formula is C25H29N3O3. The second kappa shape index (κ2) is 9.69. The van der Waals surface area contributed by atoms with Crippen LogP contribution in [0.1, 0.15) is 37.4 Å². The lowest BCUT2D eigenvalue weighted by molar-refractivity contribution is 0.0900. The lowest BCUT2D eigenvalue weighted by atomic mass is 10.0. The Labute approximate surface area is 183 Å². The molecular weight excluding hydrogens is 390 g/mol. The molecule has 0 atom stereocenters. The van der Waals surface area contributed by atoms with Crippen LogP contribution in [-0.2, 0) is 17.8 Å². The lowest BCUT2D eigenvalue weighted by Gasteiger charge is -2.22. The Bertz CT molecular complexity index is 1010. The minimum absolute atomic E-state index is 0.242. The van der Waals surface area contributed by atoms with Gasteiger partial charge in [-0.05, 0) is 49.9 Å². The molecule has 1 amide bonds. The zero-order valence-corrected chi connectivity index (χ0v) is 18.2. The number of rotatable bonds is 3. The van der Waals surface area contributed by atoms with E-state index in [0.29, 0.717) is 19.7 Å². The topological polar surface area (TPSA) is 56.6 Å². The van der Waals surface area contributed by atoms with E-state index in [1.165, 1.54) is 5.56 Å². The van der Waals surface area contributed by atoms with Crippen LogP contribution >= 0.6 is 0 Å². The first kappa shape index (κ1) is 21.0. The van der Waals surface area contributed by atoms with Crippen molar-refractivity contribution in [1.82, 2.24) is 14.7 Å². The van der Waals surface area contributed by atoms with Crippen LogP contribution in [0.5, 0.6) is 5.75 Å². The van der Waals surface area contributed by atoms with Crippen molar-refractivity contribution in [1.29, 1.82) is 0 Å². The van der Waals surface area contributed by atoms with Gasteiger partial charge < -0.3 is 14.4 Å². The van der Waals surface area contributed by atoms with Crippen LogP contribution < -0.4 is 4.74 Å². The summed E-state index contributed by atoms with van der Waals surface area (Å²) < 4.78 is 13.7. The van der Waals surface area contributed by atoms with Gasteiger partial charge in [0.1, 0.15) is 19.0 Å². The number of benzene rings is 2. The molecule has 6 nitrogen and oxygen atoms in total. The molecule has 0 fully saturated rings. The van der Waals surface area contributed by atoms with Gasteiger partial charge in [-0.1, -0.05) is 42.5 Å². The fraction of sp³-hybridized carbons (Fsp3) is 0.360. The van der Waals surface area contributed by atoms with Crippen molar-refractivity contribution in [3.8, 4) is 17.0 Å². The van der Waals surface area contributed by atoms with Crippen molar-refractivity contribution in [3.63, 3.8) is 0 Å². The Morgan fingerprint density at radius 3 is 2.68 bits per heavy atom. The number of nitrogens with zero attached hydrogens (tertiary/aromatic N) is 3. The highest BCUT2D eigenvalue weighted by Gasteiger charge is 2.21. The van der Waals surface area contributed by atoms with Crippen LogP contribution in [0, 0.1) is 0 Å². The van der Waals surface area contributed by atoms with Crippen LogP contribution in [0.2, 0.25) is 0 Å². The number of hydrogen-bond acceptors (Lipinski definition) is 4. The quantitative estimate of drug-likeness (QED) is 0.593. The van der Waals surface area contributed by atoms with E-state index in [4.69, 9.17) is 9.47 Å². The lowest BCUT2D eigenvalue weighted by Crippen LogP contribution is -2.36. The molecule has 3 aromatic rings. The monoisotopic (exact) mass is 419 g/mol. The van der Waals surface area contributed by atoms with E-state index in [1.54, 1.807) is 4.90 Å². The first-order chi connectivity index (χ1) is 15.1. The third kappa shape index (κ3) is 4.90. The van der Waals surface area contributed by atoms with E-state index in [1.807, 2.05) is 54.7 Å². The van der Waals surface area contributed by atoms with E-state index in [0.717, 1.165) is 35.4 Å². The Morgan fingerprint density at radius 2 is 1.87 bits per heavy atom. The van der Waals surface area contributed by atoms with Crippen LogP contribution in [-0.4, -0.2) is 40.5 Å². The van der Waals surface area contributed by atoms with Crippen molar-refractivity contribution in [2.45, 2.75) is 39.3 Å². The van der Waals surface area contributed by atoms with E-state index in [-0.39, 0.29) is 18.7 Å². The molecule has 6 heteroatoms. The van der Waals surface area contributed by atoms with E-state index in [2.05, 4.69) is 29.7 Å². The maximum atomic E-state index is 12.7. The van der Waals surface area contributed by atoms with Gasteiger partial charge >= 0.3 is 6.09 Å². The van der Waals surface area contributed by atoms with Crippen molar-refractivity contribution >= 4 is 6.09 Å². The molecule has 1 aliphatic rings. The number of aromatic nitrogens is 2. The third-order valence-corrected chi connectivity index (χ3v) is 5.46. The number of carbonyl (C=O) groups excluding carboxylic acids is 1. The van der Waals surface area contributed by atoms with Gasteiger partial charge in [-0.3, -0.25) is 4.68 Å². The first-order valence-corrected chi connectivity index (χ1v) is 10.9. The van der Waals surface area contributed by atoms with Gasteiger partial charge in [-0.2, -0.15) is 5.10 Å². The highest BCUT2D eigenvalue weighted by atomic mass is 16.6. The predicted molar refractivity (Wildman–Crippen MR) is 120 cm³/mol. The van der Waals surface area contributed by atoms with Crippen LogP contribution in [0.3, 0.4) is 0 Å². The zero-order chi connectivity index (χ0) is 21.6. The zero-order valence-electron chi connectivity index (χ0n) is 18.2. The molecule has 162 valence electrons. The summed E-state index contributed by atoms with van der Waals surface area (Å²) in [6.45, 7) is 6.03. The number of carbonyl (C=O) groups is 1. The van der Waals surface area contributed by atoms with Gasteiger partial charge in [0.25, 0.3) is 0 Å². The van der Waals surface area contributed by atoms with Crippen LogP contribution in [0.4, 0.5) is 4.79 Å². The number of hydrogen-bond donors (Lipinski definition) is 0. The molecule has 0 saturated heterocycles. The number of aryl methyl sites for hydroxylation is 1. The summed E-state index contributed by atoms with van der Waals surface area (Å²) in [5, 5.41) is 4.64.